The number of carbonyl (C=O) groups excluding carboxylic acids is 1. The minimum absolute atomic E-state index is 0.00522. The van der Waals surface area contributed by atoms with Crippen molar-refractivity contribution in [1.29, 1.82) is 5.26 Å². The van der Waals surface area contributed by atoms with Gasteiger partial charge < -0.3 is 11.1 Å². The van der Waals surface area contributed by atoms with Crippen molar-refractivity contribution in [2.24, 2.45) is 11.8 Å². The van der Waals surface area contributed by atoms with E-state index in [1.165, 1.54) is 18.3 Å². The maximum atomic E-state index is 13.3. The van der Waals surface area contributed by atoms with Gasteiger partial charge in [0.15, 0.2) is 0 Å². The third-order valence-electron chi connectivity index (χ3n) is 4.69. The third kappa shape index (κ3) is 3.54. The Labute approximate surface area is 162 Å². The second kappa shape index (κ2) is 6.70. The quantitative estimate of drug-likeness (QED) is 0.698. The number of nitrogens with one attached hydrogen (secondary N) is 1. The molecule has 4 rings (SSSR count). The number of hydrogen-bond donors (Lipinski definition) is 2. The molecule has 3 aromatic heterocycles. The van der Waals surface area contributed by atoms with E-state index < -0.39 is 11.7 Å². The number of amides is 1. The molecule has 29 heavy (non-hydrogen) atoms. The van der Waals surface area contributed by atoms with E-state index in [9.17, 15) is 18.0 Å². The number of alkyl halides is 3. The first-order valence-corrected chi connectivity index (χ1v) is 8.56. The lowest BCUT2D eigenvalue weighted by Crippen LogP contribution is -2.15. The van der Waals surface area contributed by atoms with Gasteiger partial charge in [0, 0.05) is 29.5 Å². The zero-order chi connectivity index (χ0) is 20.8. The number of pyridine rings is 3. The van der Waals surface area contributed by atoms with Crippen molar-refractivity contribution in [3.63, 3.8) is 0 Å². The van der Waals surface area contributed by atoms with Crippen LogP contribution in [0.4, 0.5) is 24.8 Å². The molecule has 2 atom stereocenters. The van der Waals surface area contributed by atoms with Crippen molar-refractivity contribution >= 4 is 28.3 Å². The van der Waals surface area contributed by atoms with Crippen LogP contribution in [0.15, 0.2) is 36.8 Å². The van der Waals surface area contributed by atoms with Crippen molar-refractivity contribution in [1.82, 2.24) is 15.0 Å². The number of halogens is 3. The fourth-order valence-electron chi connectivity index (χ4n) is 3.07. The number of aromatic nitrogens is 3. The molecule has 3 heterocycles. The first-order valence-electron chi connectivity index (χ1n) is 8.56. The molecule has 3 aromatic rings. The Balaban J connectivity index is 1.73. The monoisotopic (exact) mass is 398 g/mol. The summed E-state index contributed by atoms with van der Waals surface area (Å²) in [6.45, 7) is 0. The minimum Gasteiger partial charge on any atom is -0.383 e. The number of anilines is 2. The van der Waals surface area contributed by atoms with Crippen molar-refractivity contribution in [2.45, 2.75) is 12.6 Å². The summed E-state index contributed by atoms with van der Waals surface area (Å²) in [7, 11) is 0. The SMILES string of the molecule is N#C[C@H]1C[C@@H]1C(=O)Nc1cc2cc(-c3cnccc3C(F)(F)F)nc(N)c2cn1. The van der Waals surface area contributed by atoms with Gasteiger partial charge in [0.1, 0.15) is 11.6 Å². The second-order valence-electron chi connectivity index (χ2n) is 6.67. The number of carbonyl (C=O) groups is 1. The van der Waals surface area contributed by atoms with Crippen LogP contribution in [0.2, 0.25) is 0 Å². The van der Waals surface area contributed by atoms with E-state index in [2.05, 4.69) is 20.3 Å². The molecule has 7 nitrogen and oxygen atoms in total. The van der Waals surface area contributed by atoms with E-state index in [1.54, 1.807) is 0 Å². The highest BCUT2D eigenvalue weighted by molar-refractivity contribution is 5.98. The fourth-order valence-corrected chi connectivity index (χ4v) is 3.07. The fraction of sp³-hybridized carbons (Fsp3) is 0.211. The molecule has 10 heteroatoms. The largest absolute Gasteiger partial charge is 0.417 e. The first-order chi connectivity index (χ1) is 13.8. The van der Waals surface area contributed by atoms with Gasteiger partial charge >= 0.3 is 6.18 Å². The molecule has 0 unspecified atom stereocenters. The van der Waals surface area contributed by atoms with Crippen molar-refractivity contribution in [3.8, 4) is 17.3 Å². The van der Waals surface area contributed by atoms with Gasteiger partial charge in [0.25, 0.3) is 0 Å². The molecule has 1 fully saturated rings. The van der Waals surface area contributed by atoms with Crippen LogP contribution in [0.1, 0.15) is 12.0 Å². The lowest BCUT2D eigenvalue weighted by Gasteiger charge is -2.13. The smallest absolute Gasteiger partial charge is 0.383 e. The van der Waals surface area contributed by atoms with Crippen molar-refractivity contribution in [3.05, 3.63) is 42.4 Å². The van der Waals surface area contributed by atoms with Crippen LogP contribution in [0.5, 0.6) is 0 Å². The van der Waals surface area contributed by atoms with Crippen LogP contribution in [0.3, 0.4) is 0 Å². The normalized spacial score (nSPS) is 18.3. The van der Waals surface area contributed by atoms with E-state index in [1.807, 2.05) is 6.07 Å². The average molecular weight is 398 g/mol. The third-order valence-corrected chi connectivity index (χ3v) is 4.69. The number of nitriles is 1. The summed E-state index contributed by atoms with van der Waals surface area (Å²) in [5.74, 6) is -0.776. The Morgan fingerprint density at radius 2 is 2.10 bits per heavy atom. The molecular weight excluding hydrogens is 385 g/mol. The standard InChI is InChI=1S/C19H13F3N6O/c20-19(21,22)14-1-2-25-7-13(14)15-4-9-5-16(26-8-12(9)17(24)27-15)28-18(29)11-3-10(11)6-23/h1-2,4-5,7-8,10-11H,3H2,(H2,24,27)(H,26,28,29)/t10-,11+/m1/s1. The van der Waals surface area contributed by atoms with Gasteiger partial charge in [-0.25, -0.2) is 9.97 Å². The maximum Gasteiger partial charge on any atom is 0.417 e. The van der Waals surface area contributed by atoms with Crippen LogP contribution < -0.4 is 11.1 Å². The number of fused-ring (bicyclic) bond motifs is 1. The molecule has 0 aliphatic heterocycles. The summed E-state index contributed by atoms with van der Waals surface area (Å²) in [5, 5.41) is 12.3. The van der Waals surface area contributed by atoms with Gasteiger partial charge in [-0.1, -0.05) is 0 Å². The van der Waals surface area contributed by atoms with Crippen LogP contribution in [0, 0.1) is 23.2 Å². The van der Waals surface area contributed by atoms with E-state index in [0.717, 1.165) is 18.5 Å². The molecule has 0 spiro atoms. The van der Waals surface area contributed by atoms with Crippen LogP contribution in [-0.2, 0) is 11.0 Å². The molecule has 1 amide bonds. The van der Waals surface area contributed by atoms with E-state index in [0.29, 0.717) is 17.2 Å². The molecule has 0 bridgehead atoms. The Hall–Kier alpha value is -3.74. The number of nitrogens with zero attached hydrogens (tertiary/aromatic N) is 4. The summed E-state index contributed by atoms with van der Waals surface area (Å²) in [5.41, 5.74) is 4.85. The number of nitrogen functional groups attached to an aromatic ring is 1. The summed E-state index contributed by atoms with van der Waals surface area (Å²) in [6.07, 6.45) is -0.559. The van der Waals surface area contributed by atoms with Crippen LogP contribution in [-0.4, -0.2) is 20.9 Å². The minimum atomic E-state index is -4.58. The lowest BCUT2D eigenvalue weighted by atomic mass is 10.0. The molecule has 1 aliphatic carbocycles. The van der Waals surface area contributed by atoms with Gasteiger partial charge in [0.05, 0.1) is 29.2 Å². The number of nitrogens with two attached hydrogens (primary N) is 1. The number of rotatable bonds is 3. The van der Waals surface area contributed by atoms with Gasteiger partial charge in [-0.3, -0.25) is 9.78 Å². The molecule has 0 radical (unpaired) electrons. The van der Waals surface area contributed by atoms with E-state index in [-0.39, 0.29) is 40.6 Å². The molecule has 0 saturated heterocycles. The van der Waals surface area contributed by atoms with E-state index in [4.69, 9.17) is 11.0 Å². The van der Waals surface area contributed by atoms with Crippen LogP contribution >= 0.6 is 0 Å². The highest BCUT2D eigenvalue weighted by Crippen LogP contribution is 2.39. The molecule has 1 aliphatic rings. The van der Waals surface area contributed by atoms with Gasteiger partial charge in [-0.15, -0.1) is 0 Å². The molecule has 0 aromatic carbocycles. The van der Waals surface area contributed by atoms with Gasteiger partial charge in [-0.2, -0.15) is 18.4 Å². The van der Waals surface area contributed by atoms with Gasteiger partial charge in [0.2, 0.25) is 5.91 Å². The lowest BCUT2D eigenvalue weighted by molar-refractivity contribution is -0.137. The number of hydrogen-bond acceptors (Lipinski definition) is 6. The Bertz CT molecular complexity index is 1170. The topological polar surface area (TPSA) is 118 Å². The zero-order valence-electron chi connectivity index (χ0n) is 14.7. The maximum absolute atomic E-state index is 13.3. The summed E-state index contributed by atoms with van der Waals surface area (Å²) in [6, 6.07) is 5.84. The van der Waals surface area contributed by atoms with Crippen LogP contribution in [0.25, 0.3) is 22.0 Å². The van der Waals surface area contributed by atoms with E-state index >= 15 is 0 Å². The molecule has 1 saturated carbocycles. The zero-order valence-corrected chi connectivity index (χ0v) is 14.7. The average Bonchev–Trinajstić information content (AvgIpc) is 3.47. The summed E-state index contributed by atoms with van der Waals surface area (Å²) in [4.78, 5) is 24.1. The predicted octanol–water partition coefficient (Wildman–Crippen LogP) is 3.39. The summed E-state index contributed by atoms with van der Waals surface area (Å²) >= 11 is 0. The highest BCUT2D eigenvalue weighted by Gasteiger charge is 2.43. The Kier molecular flexibility index (Phi) is 4.30. The summed E-state index contributed by atoms with van der Waals surface area (Å²) < 4.78 is 40.0. The molecular formula is C19H13F3N6O. The van der Waals surface area contributed by atoms with Crippen molar-refractivity contribution < 1.29 is 18.0 Å². The van der Waals surface area contributed by atoms with Gasteiger partial charge in [-0.05, 0) is 30.0 Å². The predicted molar refractivity (Wildman–Crippen MR) is 98.0 cm³/mol. The molecule has 146 valence electrons. The van der Waals surface area contributed by atoms with Crippen molar-refractivity contribution in [2.75, 3.05) is 11.1 Å². The second-order valence-corrected chi connectivity index (χ2v) is 6.67. The highest BCUT2D eigenvalue weighted by atomic mass is 19.4. The Morgan fingerprint density at radius 3 is 2.79 bits per heavy atom. The molecule has 3 N–H and O–H groups in total. The Morgan fingerprint density at radius 1 is 1.31 bits per heavy atom. The first kappa shape index (κ1) is 18.6.